The lowest BCUT2D eigenvalue weighted by molar-refractivity contribution is 0.0595. The van der Waals surface area contributed by atoms with Gasteiger partial charge in [-0.2, -0.15) is 5.26 Å². The lowest BCUT2D eigenvalue weighted by Crippen LogP contribution is -2.41. The summed E-state index contributed by atoms with van der Waals surface area (Å²) in [5.41, 5.74) is 0.951. The highest BCUT2D eigenvalue weighted by molar-refractivity contribution is 5.94. The Labute approximate surface area is 139 Å². The molecule has 0 bridgehead atoms. The maximum absolute atomic E-state index is 12.4. The number of nitriles is 1. The molecule has 0 radical (unpaired) electrons. The van der Waals surface area contributed by atoms with Gasteiger partial charge in [-0.3, -0.25) is 9.78 Å². The van der Waals surface area contributed by atoms with Crippen molar-refractivity contribution in [2.24, 2.45) is 0 Å². The minimum atomic E-state index is -0.136. The smallest absolute Gasteiger partial charge is 0.255 e. The summed E-state index contributed by atoms with van der Waals surface area (Å²) in [6.45, 7) is 1.16. The van der Waals surface area contributed by atoms with Gasteiger partial charge in [-0.15, -0.1) is 0 Å². The van der Waals surface area contributed by atoms with Crippen molar-refractivity contribution in [2.75, 3.05) is 13.1 Å². The van der Waals surface area contributed by atoms with Crippen LogP contribution in [0.3, 0.4) is 0 Å². The van der Waals surface area contributed by atoms with Crippen LogP contribution in [0.25, 0.3) is 0 Å². The molecule has 122 valence electrons. The molecule has 0 atom stereocenters. The summed E-state index contributed by atoms with van der Waals surface area (Å²) in [7, 11) is 0. The van der Waals surface area contributed by atoms with Crippen LogP contribution in [0.4, 0.5) is 0 Å². The number of ether oxygens (including phenoxy) is 1. The third kappa shape index (κ3) is 3.63. The number of nitrogens with zero attached hydrogens (tertiary/aromatic N) is 3. The molecule has 0 aliphatic carbocycles. The molecule has 24 heavy (non-hydrogen) atoms. The van der Waals surface area contributed by atoms with Crippen LogP contribution in [-0.2, 0) is 0 Å². The predicted molar refractivity (Wildman–Crippen MR) is 86.6 cm³/mol. The molecule has 6 heteroatoms. The van der Waals surface area contributed by atoms with E-state index in [-0.39, 0.29) is 17.8 Å². The van der Waals surface area contributed by atoms with Crippen LogP contribution in [0.15, 0.2) is 42.7 Å². The van der Waals surface area contributed by atoms with Gasteiger partial charge in [0.05, 0.1) is 23.4 Å². The zero-order valence-electron chi connectivity index (χ0n) is 13.1. The largest absolute Gasteiger partial charge is 0.506 e. The number of aromatic hydroxyl groups is 1. The quantitative estimate of drug-likeness (QED) is 0.937. The summed E-state index contributed by atoms with van der Waals surface area (Å²) in [5, 5.41) is 18.4. The van der Waals surface area contributed by atoms with Gasteiger partial charge in [0, 0.05) is 32.1 Å². The third-order valence-electron chi connectivity index (χ3n) is 3.97. The average Bonchev–Trinajstić information content (AvgIpc) is 2.62. The minimum absolute atomic E-state index is 0.0172. The number of amides is 1. The summed E-state index contributed by atoms with van der Waals surface area (Å²) >= 11 is 0. The van der Waals surface area contributed by atoms with E-state index in [0.29, 0.717) is 30.0 Å². The maximum atomic E-state index is 12.4. The van der Waals surface area contributed by atoms with E-state index >= 15 is 0 Å². The first-order valence-electron chi connectivity index (χ1n) is 7.76. The standard InChI is InChI=1S/C18H17N3O3/c19-10-13-2-1-3-17(8-13)24-16-4-6-21(7-5-16)18(23)14-9-15(22)12-20-11-14/h1-3,8-9,11-12,16,22H,4-7H2. The zero-order valence-corrected chi connectivity index (χ0v) is 13.1. The van der Waals surface area contributed by atoms with Gasteiger partial charge in [-0.05, 0) is 24.3 Å². The van der Waals surface area contributed by atoms with E-state index in [1.165, 1.54) is 18.5 Å². The van der Waals surface area contributed by atoms with Gasteiger partial charge in [0.25, 0.3) is 5.91 Å². The fourth-order valence-corrected chi connectivity index (χ4v) is 2.74. The number of carbonyl (C=O) groups excluding carboxylic acids is 1. The average molecular weight is 323 g/mol. The Morgan fingerprint density at radius 3 is 2.79 bits per heavy atom. The summed E-state index contributed by atoms with van der Waals surface area (Å²) in [6.07, 6.45) is 4.21. The highest BCUT2D eigenvalue weighted by Gasteiger charge is 2.25. The molecule has 1 aliphatic rings. The molecule has 1 aliphatic heterocycles. The topological polar surface area (TPSA) is 86.5 Å². The minimum Gasteiger partial charge on any atom is -0.506 e. The fourth-order valence-electron chi connectivity index (χ4n) is 2.74. The fraction of sp³-hybridized carbons (Fsp3) is 0.278. The van der Waals surface area contributed by atoms with Crippen molar-refractivity contribution in [3.63, 3.8) is 0 Å². The number of piperidine rings is 1. The Balaban J connectivity index is 1.57. The highest BCUT2D eigenvalue weighted by atomic mass is 16.5. The number of benzene rings is 1. The van der Waals surface area contributed by atoms with E-state index in [0.717, 1.165) is 12.8 Å². The van der Waals surface area contributed by atoms with Crippen molar-refractivity contribution in [2.45, 2.75) is 18.9 Å². The summed E-state index contributed by atoms with van der Waals surface area (Å²) in [4.78, 5) is 18.0. The second-order valence-electron chi connectivity index (χ2n) is 5.68. The normalized spacial score (nSPS) is 14.9. The van der Waals surface area contributed by atoms with Crippen LogP contribution in [0, 0.1) is 11.3 Å². The van der Waals surface area contributed by atoms with Gasteiger partial charge < -0.3 is 14.7 Å². The monoisotopic (exact) mass is 323 g/mol. The second kappa shape index (κ2) is 7.01. The van der Waals surface area contributed by atoms with Crippen LogP contribution < -0.4 is 4.74 Å². The van der Waals surface area contributed by atoms with Gasteiger partial charge in [0.2, 0.25) is 0 Å². The van der Waals surface area contributed by atoms with Crippen molar-refractivity contribution in [3.05, 3.63) is 53.9 Å². The molecule has 1 N–H and O–H groups in total. The van der Waals surface area contributed by atoms with E-state index in [1.807, 2.05) is 6.07 Å². The molecular weight excluding hydrogens is 306 g/mol. The molecule has 1 amide bonds. The molecule has 1 aromatic carbocycles. The molecule has 1 fully saturated rings. The summed E-state index contributed by atoms with van der Waals surface area (Å²) < 4.78 is 5.91. The number of aromatic nitrogens is 1. The molecular formula is C18H17N3O3. The van der Waals surface area contributed by atoms with E-state index in [2.05, 4.69) is 11.1 Å². The Morgan fingerprint density at radius 2 is 2.08 bits per heavy atom. The van der Waals surface area contributed by atoms with Crippen LogP contribution in [0.1, 0.15) is 28.8 Å². The van der Waals surface area contributed by atoms with Crippen molar-refractivity contribution >= 4 is 5.91 Å². The lowest BCUT2D eigenvalue weighted by atomic mass is 10.1. The second-order valence-corrected chi connectivity index (χ2v) is 5.68. The Hall–Kier alpha value is -3.07. The summed E-state index contributed by atoms with van der Waals surface area (Å²) in [6, 6.07) is 10.6. The Bertz CT molecular complexity index is 777. The molecule has 0 unspecified atom stereocenters. The van der Waals surface area contributed by atoms with Gasteiger partial charge in [0.1, 0.15) is 17.6 Å². The molecule has 1 saturated heterocycles. The summed E-state index contributed by atoms with van der Waals surface area (Å²) in [5.74, 6) is 0.524. The van der Waals surface area contributed by atoms with Crippen LogP contribution >= 0.6 is 0 Å². The van der Waals surface area contributed by atoms with Crippen LogP contribution in [0.2, 0.25) is 0 Å². The van der Waals surface area contributed by atoms with Gasteiger partial charge >= 0.3 is 0 Å². The van der Waals surface area contributed by atoms with E-state index in [1.54, 1.807) is 23.1 Å². The molecule has 2 heterocycles. The van der Waals surface area contributed by atoms with Crippen molar-refractivity contribution in [3.8, 4) is 17.6 Å². The predicted octanol–water partition coefficient (Wildman–Crippen LogP) is 2.34. The maximum Gasteiger partial charge on any atom is 0.255 e. The SMILES string of the molecule is N#Cc1cccc(OC2CCN(C(=O)c3cncc(O)c3)CC2)c1. The van der Waals surface area contributed by atoms with Crippen molar-refractivity contribution < 1.29 is 14.6 Å². The van der Waals surface area contributed by atoms with Gasteiger partial charge in [-0.25, -0.2) is 0 Å². The van der Waals surface area contributed by atoms with E-state index in [4.69, 9.17) is 10.00 Å². The molecule has 0 saturated carbocycles. The first kappa shape index (κ1) is 15.8. The zero-order chi connectivity index (χ0) is 16.9. The number of likely N-dealkylation sites (tertiary alicyclic amines) is 1. The first-order chi connectivity index (χ1) is 11.7. The molecule has 2 aromatic rings. The number of carbonyl (C=O) groups is 1. The molecule has 0 spiro atoms. The number of hydrogen-bond donors (Lipinski definition) is 1. The van der Waals surface area contributed by atoms with E-state index < -0.39 is 0 Å². The molecule has 6 nitrogen and oxygen atoms in total. The Morgan fingerprint density at radius 1 is 1.29 bits per heavy atom. The third-order valence-corrected chi connectivity index (χ3v) is 3.97. The highest BCUT2D eigenvalue weighted by Crippen LogP contribution is 2.21. The van der Waals surface area contributed by atoms with Gasteiger partial charge in [0.15, 0.2) is 0 Å². The van der Waals surface area contributed by atoms with E-state index in [9.17, 15) is 9.90 Å². The van der Waals surface area contributed by atoms with Gasteiger partial charge in [-0.1, -0.05) is 6.07 Å². The molecule has 1 aromatic heterocycles. The van der Waals surface area contributed by atoms with Crippen LogP contribution in [-0.4, -0.2) is 40.1 Å². The lowest BCUT2D eigenvalue weighted by Gasteiger charge is -2.32. The van der Waals surface area contributed by atoms with Crippen molar-refractivity contribution in [1.29, 1.82) is 5.26 Å². The Kier molecular flexibility index (Phi) is 4.62. The molecule has 3 rings (SSSR count). The van der Waals surface area contributed by atoms with Crippen LogP contribution in [0.5, 0.6) is 11.5 Å². The van der Waals surface area contributed by atoms with Crippen molar-refractivity contribution in [1.82, 2.24) is 9.88 Å². The number of pyridine rings is 1. The number of rotatable bonds is 3. The number of hydrogen-bond acceptors (Lipinski definition) is 5. The first-order valence-corrected chi connectivity index (χ1v) is 7.76.